The van der Waals surface area contributed by atoms with Gasteiger partial charge in [-0.3, -0.25) is 4.79 Å². The number of aromatic nitrogens is 1. The van der Waals surface area contributed by atoms with Crippen molar-refractivity contribution in [2.24, 2.45) is 5.73 Å². The van der Waals surface area contributed by atoms with Gasteiger partial charge in [0, 0.05) is 30.0 Å². The summed E-state index contributed by atoms with van der Waals surface area (Å²) in [6.45, 7) is 0. The molecule has 0 saturated carbocycles. The van der Waals surface area contributed by atoms with E-state index in [1.807, 2.05) is 0 Å². The van der Waals surface area contributed by atoms with E-state index in [-0.39, 0.29) is 5.91 Å². The largest absolute Gasteiger partial charge is 0.366 e. The SMILES string of the molecule is NC(=O)C1=CNc2sncc2C1. The van der Waals surface area contributed by atoms with Crippen LogP contribution in [0, 0.1) is 0 Å². The number of primary amides is 1. The van der Waals surface area contributed by atoms with Gasteiger partial charge in [0.15, 0.2) is 0 Å². The smallest absolute Gasteiger partial charge is 0.246 e. The van der Waals surface area contributed by atoms with Crippen molar-refractivity contribution in [3.05, 3.63) is 23.5 Å². The average Bonchev–Trinajstić information content (AvgIpc) is 2.49. The van der Waals surface area contributed by atoms with Crippen molar-refractivity contribution in [1.82, 2.24) is 4.37 Å². The first kappa shape index (κ1) is 7.30. The molecule has 12 heavy (non-hydrogen) atoms. The van der Waals surface area contributed by atoms with Gasteiger partial charge in [0.1, 0.15) is 5.00 Å². The van der Waals surface area contributed by atoms with E-state index in [0.29, 0.717) is 12.0 Å². The van der Waals surface area contributed by atoms with Gasteiger partial charge >= 0.3 is 0 Å². The molecule has 0 radical (unpaired) electrons. The Morgan fingerprint density at radius 1 is 1.75 bits per heavy atom. The molecule has 2 rings (SSSR count). The molecule has 0 unspecified atom stereocenters. The van der Waals surface area contributed by atoms with Gasteiger partial charge in [0.05, 0.1) is 0 Å². The van der Waals surface area contributed by atoms with Crippen LogP contribution >= 0.6 is 11.5 Å². The summed E-state index contributed by atoms with van der Waals surface area (Å²) in [5, 5.41) is 3.97. The maximum Gasteiger partial charge on any atom is 0.246 e. The van der Waals surface area contributed by atoms with Gasteiger partial charge in [-0.2, -0.15) is 4.37 Å². The fourth-order valence-corrected chi connectivity index (χ4v) is 1.71. The number of amides is 1. The third kappa shape index (κ3) is 1.08. The van der Waals surface area contributed by atoms with Crippen molar-refractivity contribution in [3.63, 3.8) is 0 Å². The predicted molar refractivity (Wildman–Crippen MR) is 46.7 cm³/mol. The van der Waals surface area contributed by atoms with E-state index < -0.39 is 0 Å². The second kappa shape index (κ2) is 2.60. The molecule has 0 atom stereocenters. The van der Waals surface area contributed by atoms with E-state index in [2.05, 4.69) is 9.69 Å². The Morgan fingerprint density at radius 3 is 3.33 bits per heavy atom. The van der Waals surface area contributed by atoms with Crippen LogP contribution in [0.3, 0.4) is 0 Å². The molecular weight excluding hydrogens is 174 g/mol. The van der Waals surface area contributed by atoms with E-state index in [4.69, 9.17) is 5.73 Å². The minimum atomic E-state index is -0.376. The number of nitrogens with one attached hydrogen (secondary N) is 1. The molecule has 62 valence electrons. The molecule has 1 aliphatic rings. The van der Waals surface area contributed by atoms with Crippen molar-refractivity contribution in [2.75, 3.05) is 5.32 Å². The van der Waals surface area contributed by atoms with Crippen LogP contribution in [-0.4, -0.2) is 10.3 Å². The third-order valence-electron chi connectivity index (χ3n) is 1.72. The number of hydrogen-bond donors (Lipinski definition) is 2. The molecule has 0 spiro atoms. The normalized spacial score (nSPS) is 14.5. The first-order valence-corrected chi connectivity index (χ1v) is 4.23. The number of anilines is 1. The zero-order valence-corrected chi connectivity index (χ0v) is 7.02. The van der Waals surface area contributed by atoms with Crippen LogP contribution in [0.4, 0.5) is 5.00 Å². The van der Waals surface area contributed by atoms with Crippen LogP contribution in [0.1, 0.15) is 5.56 Å². The number of rotatable bonds is 1. The van der Waals surface area contributed by atoms with Gasteiger partial charge in [0.2, 0.25) is 5.91 Å². The van der Waals surface area contributed by atoms with Gasteiger partial charge in [-0.15, -0.1) is 0 Å². The van der Waals surface area contributed by atoms with Gasteiger partial charge in [-0.25, -0.2) is 0 Å². The van der Waals surface area contributed by atoms with Gasteiger partial charge < -0.3 is 11.1 Å². The Kier molecular flexibility index (Phi) is 1.58. The quantitative estimate of drug-likeness (QED) is 0.662. The fraction of sp³-hybridized carbons (Fsp3) is 0.143. The summed E-state index contributed by atoms with van der Waals surface area (Å²) in [5.41, 5.74) is 6.77. The summed E-state index contributed by atoms with van der Waals surface area (Å²) in [5.74, 6) is -0.376. The molecule has 1 aliphatic heterocycles. The van der Waals surface area contributed by atoms with Crippen LogP contribution in [0.5, 0.6) is 0 Å². The molecule has 1 amide bonds. The Balaban J connectivity index is 2.29. The number of carbonyl (C=O) groups excluding carboxylic acids is 1. The molecule has 4 nitrogen and oxygen atoms in total. The second-order valence-electron chi connectivity index (χ2n) is 2.54. The average molecular weight is 181 g/mol. The lowest BCUT2D eigenvalue weighted by atomic mass is 10.1. The predicted octanol–water partition coefficient (Wildman–Crippen LogP) is 0.480. The summed E-state index contributed by atoms with van der Waals surface area (Å²) in [6, 6.07) is 0. The highest BCUT2D eigenvalue weighted by molar-refractivity contribution is 7.10. The highest BCUT2D eigenvalue weighted by atomic mass is 32.1. The van der Waals surface area contributed by atoms with Crippen LogP contribution in [0.15, 0.2) is 18.0 Å². The maximum atomic E-state index is 10.8. The highest BCUT2D eigenvalue weighted by Gasteiger charge is 2.15. The summed E-state index contributed by atoms with van der Waals surface area (Å²) >= 11 is 1.38. The second-order valence-corrected chi connectivity index (χ2v) is 3.34. The van der Waals surface area contributed by atoms with Gasteiger partial charge in [0.25, 0.3) is 0 Å². The van der Waals surface area contributed by atoms with E-state index >= 15 is 0 Å². The minimum absolute atomic E-state index is 0.376. The van der Waals surface area contributed by atoms with Crippen molar-refractivity contribution in [3.8, 4) is 0 Å². The minimum Gasteiger partial charge on any atom is -0.366 e. The molecule has 0 aliphatic carbocycles. The highest BCUT2D eigenvalue weighted by Crippen LogP contribution is 2.26. The lowest BCUT2D eigenvalue weighted by Crippen LogP contribution is -2.18. The van der Waals surface area contributed by atoms with E-state index in [1.165, 1.54) is 11.5 Å². The summed E-state index contributed by atoms with van der Waals surface area (Å²) < 4.78 is 3.99. The Morgan fingerprint density at radius 2 is 2.58 bits per heavy atom. The maximum absolute atomic E-state index is 10.8. The molecule has 0 fully saturated rings. The zero-order chi connectivity index (χ0) is 8.55. The van der Waals surface area contributed by atoms with Gasteiger partial charge in [-0.1, -0.05) is 0 Å². The monoisotopic (exact) mass is 181 g/mol. The first-order chi connectivity index (χ1) is 5.77. The van der Waals surface area contributed by atoms with Crippen LogP contribution in [0.2, 0.25) is 0 Å². The molecule has 2 heterocycles. The van der Waals surface area contributed by atoms with E-state index in [0.717, 1.165) is 10.6 Å². The van der Waals surface area contributed by atoms with Crippen molar-refractivity contribution in [1.29, 1.82) is 0 Å². The van der Waals surface area contributed by atoms with Crippen LogP contribution < -0.4 is 11.1 Å². The fourth-order valence-electron chi connectivity index (χ4n) is 1.07. The number of nitrogens with zero attached hydrogens (tertiary/aromatic N) is 1. The van der Waals surface area contributed by atoms with E-state index in [9.17, 15) is 4.79 Å². The Hall–Kier alpha value is -1.36. The van der Waals surface area contributed by atoms with Gasteiger partial charge in [-0.05, 0) is 11.5 Å². The molecule has 1 aromatic rings. The molecule has 0 aromatic carbocycles. The third-order valence-corrected chi connectivity index (χ3v) is 2.49. The number of fused-ring (bicyclic) bond motifs is 1. The lowest BCUT2D eigenvalue weighted by Gasteiger charge is -2.10. The van der Waals surface area contributed by atoms with Crippen LogP contribution in [0.25, 0.3) is 0 Å². The number of hydrogen-bond acceptors (Lipinski definition) is 4. The Labute approximate surface area is 73.2 Å². The first-order valence-electron chi connectivity index (χ1n) is 3.46. The summed E-state index contributed by atoms with van der Waals surface area (Å²) in [7, 11) is 0. The zero-order valence-electron chi connectivity index (χ0n) is 6.20. The molecule has 5 heteroatoms. The lowest BCUT2D eigenvalue weighted by molar-refractivity contribution is -0.114. The Bertz CT molecular complexity index is 355. The number of carbonyl (C=O) groups is 1. The standard InChI is InChI=1S/C7H7N3OS/c8-6(11)4-1-5-3-10-12-7(5)9-2-4/h2-3,9H,1H2,(H2,8,11). The summed E-state index contributed by atoms with van der Waals surface area (Å²) in [6.07, 6.45) is 3.99. The van der Waals surface area contributed by atoms with Crippen molar-refractivity contribution >= 4 is 22.4 Å². The molecular formula is C7H7N3OS. The topological polar surface area (TPSA) is 68.0 Å². The molecule has 1 aromatic heterocycles. The molecule has 3 N–H and O–H groups in total. The molecule has 0 saturated heterocycles. The summed E-state index contributed by atoms with van der Waals surface area (Å²) in [4.78, 5) is 10.8. The molecule has 0 bridgehead atoms. The van der Waals surface area contributed by atoms with Crippen molar-refractivity contribution in [2.45, 2.75) is 6.42 Å². The number of nitrogens with two attached hydrogens (primary N) is 1. The van der Waals surface area contributed by atoms with Crippen molar-refractivity contribution < 1.29 is 4.79 Å². The van der Waals surface area contributed by atoms with E-state index in [1.54, 1.807) is 12.4 Å². The van der Waals surface area contributed by atoms with Crippen LogP contribution in [-0.2, 0) is 11.2 Å².